The van der Waals surface area contributed by atoms with Crippen LogP contribution in [0.4, 0.5) is 0 Å². The van der Waals surface area contributed by atoms with E-state index >= 15 is 0 Å². The summed E-state index contributed by atoms with van der Waals surface area (Å²) in [5.41, 5.74) is 7.68. The molecule has 0 spiro atoms. The Morgan fingerprint density at radius 2 is 0.375 bits per heavy atom. The van der Waals surface area contributed by atoms with Gasteiger partial charge in [0, 0.05) is 37.0 Å². The van der Waals surface area contributed by atoms with Crippen molar-refractivity contribution in [1.82, 2.24) is 0 Å². The van der Waals surface area contributed by atoms with Gasteiger partial charge in [-0.1, -0.05) is 182 Å². The first kappa shape index (κ1) is 38.2. The van der Waals surface area contributed by atoms with Crippen LogP contribution in [0.3, 0.4) is 0 Å². The topological polar surface area (TPSA) is 111 Å². The lowest BCUT2D eigenvalue weighted by atomic mass is 10.2. The molecule has 0 fully saturated rings. The summed E-state index contributed by atoms with van der Waals surface area (Å²) in [5.74, 6) is 0. The fourth-order valence-corrected chi connectivity index (χ4v) is 12.1. The standard InChI is InChI=1S/2C21H22NP.2H2O/c2*22-23(16-19-10-4-1-5-11-19,17-20-12-6-2-7-13-20)18-21-14-8-3-9-15-21;;/h2*1-15,22H,16-18H2;2*1H2. The number of hydrogen-bond acceptors (Lipinski definition) is 2. The monoisotopic (exact) mass is 674 g/mol. The molecule has 6 heteroatoms. The smallest absolute Gasteiger partial charge is 0.00799 e. The minimum absolute atomic E-state index is 0. The quantitative estimate of drug-likeness (QED) is 0.120. The summed E-state index contributed by atoms with van der Waals surface area (Å²) in [6.07, 6.45) is 5.24. The largest absolute Gasteiger partial charge is 0.412 e. The van der Waals surface area contributed by atoms with Crippen LogP contribution in [0.2, 0.25) is 0 Å². The Morgan fingerprint density at radius 3 is 0.500 bits per heavy atom. The molecule has 6 aromatic rings. The number of hydrogen-bond donors (Lipinski definition) is 2. The van der Waals surface area contributed by atoms with E-state index in [4.69, 9.17) is 0 Å². The number of benzene rings is 6. The van der Waals surface area contributed by atoms with Gasteiger partial charge in [0.05, 0.1) is 0 Å². The summed E-state index contributed by atoms with van der Waals surface area (Å²) in [5, 5.41) is 18.5. The van der Waals surface area contributed by atoms with Gasteiger partial charge in [0.15, 0.2) is 0 Å². The van der Waals surface area contributed by atoms with E-state index in [0.717, 1.165) is 37.0 Å². The van der Waals surface area contributed by atoms with Gasteiger partial charge in [-0.3, -0.25) is 0 Å². The van der Waals surface area contributed by atoms with E-state index in [1.165, 1.54) is 33.4 Å². The maximum absolute atomic E-state index is 9.24. The predicted molar refractivity (Wildman–Crippen MR) is 207 cm³/mol. The molecule has 4 nitrogen and oxygen atoms in total. The van der Waals surface area contributed by atoms with Gasteiger partial charge >= 0.3 is 0 Å². The van der Waals surface area contributed by atoms with Crippen molar-refractivity contribution in [2.24, 2.45) is 0 Å². The Hall–Kier alpha value is -4.30. The molecule has 0 saturated carbocycles. The molecule has 0 amide bonds. The van der Waals surface area contributed by atoms with Gasteiger partial charge in [0.2, 0.25) is 0 Å². The normalized spacial score (nSPS) is 10.8. The zero-order chi connectivity index (χ0) is 31.9. The molecule has 0 aliphatic heterocycles. The highest BCUT2D eigenvalue weighted by Crippen LogP contribution is 2.56. The average Bonchev–Trinajstić information content (AvgIpc) is 3.07. The first-order chi connectivity index (χ1) is 22.5. The molecule has 0 heterocycles. The lowest BCUT2D eigenvalue weighted by molar-refractivity contribution is 0.823. The summed E-state index contributed by atoms with van der Waals surface area (Å²) >= 11 is 0. The maximum atomic E-state index is 9.24. The van der Waals surface area contributed by atoms with Crippen molar-refractivity contribution in [3.8, 4) is 0 Å². The molecule has 248 valence electrons. The zero-order valence-electron chi connectivity index (χ0n) is 27.5. The molecule has 0 aliphatic carbocycles. The summed E-state index contributed by atoms with van der Waals surface area (Å²) in [4.78, 5) is 0. The molecule has 6 rings (SSSR count). The first-order valence-electron chi connectivity index (χ1n) is 15.9. The summed E-state index contributed by atoms with van der Waals surface area (Å²) in [6, 6.07) is 63.0. The highest BCUT2D eigenvalue weighted by Gasteiger charge is 2.20. The third-order valence-corrected chi connectivity index (χ3v) is 13.8. The van der Waals surface area contributed by atoms with E-state index in [0.29, 0.717) is 0 Å². The van der Waals surface area contributed by atoms with Gasteiger partial charge in [0.25, 0.3) is 0 Å². The van der Waals surface area contributed by atoms with Gasteiger partial charge in [-0.2, -0.15) is 0 Å². The van der Waals surface area contributed by atoms with Crippen LogP contribution in [-0.4, -0.2) is 11.0 Å². The lowest BCUT2D eigenvalue weighted by Crippen LogP contribution is -1.97. The van der Waals surface area contributed by atoms with E-state index in [-0.39, 0.29) is 11.0 Å². The molecule has 48 heavy (non-hydrogen) atoms. The molecule has 6 aromatic carbocycles. The highest BCUT2D eigenvalue weighted by molar-refractivity contribution is 7.63. The second-order valence-electron chi connectivity index (χ2n) is 12.2. The van der Waals surface area contributed by atoms with E-state index < -0.39 is 14.1 Å². The Balaban J connectivity index is 0.000000250. The van der Waals surface area contributed by atoms with Crippen LogP contribution in [0.1, 0.15) is 33.4 Å². The fraction of sp³-hybridized carbons (Fsp3) is 0.143. The Bertz CT molecular complexity index is 1470. The Morgan fingerprint density at radius 1 is 0.250 bits per heavy atom. The van der Waals surface area contributed by atoms with Crippen molar-refractivity contribution in [3.05, 3.63) is 215 Å². The molecule has 0 saturated heterocycles. The fourth-order valence-electron chi connectivity index (χ4n) is 5.93. The van der Waals surface area contributed by atoms with Crippen molar-refractivity contribution >= 4 is 14.1 Å². The molecule has 6 N–H and O–H groups in total. The van der Waals surface area contributed by atoms with Gasteiger partial charge < -0.3 is 21.3 Å². The summed E-state index contributed by atoms with van der Waals surface area (Å²) < 4.78 is 0. The van der Waals surface area contributed by atoms with Crippen molar-refractivity contribution in [3.63, 3.8) is 0 Å². The van der Waals surface area contributed by atoms with E-state index in [1.54, 1.807) is 0 Å². The summed E-state index contributed by atoms with van der Waals surface area (Å²) in [6.45, 7) is 0. The minimum atomic E-state index is -1.89. The van der Waals surface area contributed by atoms with Crippen LogP contribution in [0.25, 0.3) is 0 Å². The van der Waals surface area contributed by atoms with Crippen LogP contribution in [0, 0.1) is 10.3 Å². The van der Waals surface area contributed by atoms with Crippen LogP contribution in [-0.2, 0) is 37.0 Å². The van der Waals surface area contributed by atoms with E-state index in [2.05, 4.69) is 146 Å². The number of nitrogens with one attached hydrogen (secondary N) is 2. The number of rotatable bonds is 12. The second kappa shape index (κ2) is 19.5. The highest BCUT2D eigenvalue weighted by atomic mass is 31.2. The molecule has 0 radical (unpaired) electrons. The zero-order valence-corrected chi connectivity index (χ0v) is 29.2. The Kier molecular flexibility index (Phi) is 15.5. The third kappa shape index (κ3) is 12.7. The van der Waals surface area contributed by atoms with Crippen LogP contribution >= 0.6 is 14.1 Å². The van der Waals surface area contributed by atoms with Crippen molar-refractivity contribution in [1.29, 1.82) is 10.3 Å². The van der Waals surface area contributed by atoms with E-state index in [1.807, 2.05) is 36.4 Å². The van der Waals surface area contributed by atoms with Crippen LogP contribution in [0.5, 0.6) is 0 Å². The van der Waals surface area contributed by atoms with Gasteiger partial charge in [-0.05, 0) is 47.5 Å². The Labute approximate surface area is 286 Å². The second-order valence-corrected chi connectivity index (χ2v) is 18.6. The van der Waals surface area contributed by atoms with Crippen molar-refractivity contribution < 1.29 is 11.0 Å². The van der Waals surface area contributed by atoms with Gasteiger partial charge in [0.1, 0.15) is 0 Å². The van der Waals surface area contributed by atoms with Gasteiger partial charge in [-0.15, -0.1) is 0 Å². The van der Waals surface area contributed by atoms with Crippen LogP contribution < -0.4 is 0 Å². The third-order valence-electron chi connectivity index (χ3n) is 7.97. The molecule has 0 atom stereocenters. The molecule has 0 aliphatic rings. The molecular formula is C42H48N2O2P2. The van der Waals surface area contributed by atoms with Crippen LogP contribution in [0.15, 0.2) is 182 Å². The first-order valence-corrected chi connectivity index (χ1v) is 20.6. The molecule has 0 unspecified atom stereocenters. The van der Waals surface area contributed by atoms with Crippen molar-refractivity contribution in [2.45, 2.75) is 37.0 Å². The van der Waals surface area contributed by atoms with Gasteiger partial charge in [-0.25, -0.2) is 0 Å². The summed E-state index contributed by atoms with van der Waals surface area (Å²) in [7, 11) is -3.77. The predicted octanol–water partition coefficient (Wildman–Crippen LogP) is 11.1. The average molecular weight is 675 g/mol. The maximum Gasteiger partial charge on any atom is 0.00799 e. The SMILES string of the molecule is N=P(Cc1ccccc1)(Cc1ccccc1)Cc1ccccc1.N=P(Cc1ccccc1)(Cc1ccccc1)Cc1ccccc1.O.O. The molecule has 0 aromatic heterocycles. The minimum Gasteiger partial charge on any atom is -0.412 e. The molecule has 0 bridgehead atoms. The molecular weight excluding hydrogens is 626 g/mol. The van der Waals surface area contributed by atoms with Crippen molar-refractivity contribution in [2.75, 3.05) is 0 Å². The lowest BCUT2D eigenvalue weighted by Gasteiger charge is -2.23. The van der Waals surface area contributed by atoms with E-state index in [9.17, 15) is 10.3 Å².